The lowest BCUT2D eigenvalue weighted by Gasteiger charge is -2.22. The zero-order valence-corrected chi connectivity index (χ0v) is 9.78. The standard InChI is InChI=1S/C10H16N6O/c1-17-7-6-15(4-2-11)9-10-14-13-8-16(10)5-3-12-9/h3,5,8H,2,4,6-7,11H2,1H3. The van der Waals surface area contributed by atoms with E-state index in [2.05, 4.69) is 15.2 Å². The van der Waals surface area contributed by atoms with Crippen molar-refractivity contribution < 1.29 is 4.74 Å². The van der Waals surface area contributed by atoms with Gasteiger partial charge in [-0.05, 0) is 0 Å². The van der Waals surface area contributed by atoms with Gasteiger partial charge in [0.1, 0.15) is 6.33 Å². The lowest BCUT2D eigenvalue weighted by atomic mass is 10.4. The van der Waals surface area contributed by atoms with Crippen LogP contribution >= 0.6 is 0 Å². The van der Waals surface area contributed by atoms with Gasteiger partial charge in [-0.25, -0.2) is 4.98 Å². The van der Waals surface area contributed by atoms with Crippen molar-refractivity contribution in [3.05, 3.63) is 18.7 Å². The lowest BCUT2D eigenvalue weighted by molar-refractivity contribution is 0.205. The zero-order chi connectivity index (χ0) is 12.1. The highest BCUT2D eigenvalue weighted by Gasteiger charge is 2.12. The maximum atomic E-state index is 5.60. The molecule has 0 bridgehead atoms. The van der Waals surface area contributed by atoms with E-state index in [-0.39, 0.29) is 0 Å². The number of aromatic nitrogens is 4. The predicted molar refractivity (Wildman–Crippen MR) is 63.9 cm³/mol. The summed E-state index contributed by atoms with van der Waals surface area (Å²) in [6.45, 7) is 2.62. The Morgan fingerprint density at radius 1 is 1.47 bits per heavy atom. The van der Waals surface area contributed by atoms with Crippen LogP contribution in [-0.4, -0.2) is 52.9 Å². The van der Waals surface area contributed by atoms with Crippen LogP contribution in [0, 0.1) is 0 Å². The van der Waals surface area contributed by atoms with Crippen LogP contribution in [0.1, 0.15) is 0 Å². The second kappa shape index (κ2) is 5.55. The van der Waals surface area contributed by atoms with Crippen LogP contribution < -0.4 is 10.6 Å². The van der Waals surface area contributed by atoms with E-state index < -0.39 is 0 Å². The van der Waals surface area contributed by atoms with Crippen LogP contribution in [0.2, 0.25) is 0 Å². The summed E-state index contributed by atoms with van der Waals surface area (Å²) in [4.78, 5) is 6.39. The fraction of sp³-hybridized carbons (Fsp3) is 0.500. The van der Waals surface area contributed by atoms with Gasteiger partial charge < -0.3 is 15.4 Å². The van der Waals surface area contributed by atoms with Gasteiger partial charge in [-0.15, -0.1) is 10.2 Å². The maximum absolute atomic E-state index is 5.60. The van der Waals surface area contributed by atoms with E-state index in [0.29, 0.717) is 19.7 Å². The summed E-state index contributed by atoms with van der Waals surface area (Å²) in [5.74, 6) is 0.785. The highest BCUT2D eigenvalue weighted by molar-refractivity contribution is 5.63. The summed E-state index contributed by atoms with van der Waals surface area (Å²) < 4.78 is 6.91. The van der Waals surface area contributed by atoms with E-state index in [9.17, 15) is 0 Å². The Hall–Kier alpha value is -1.73. The van der Waals surface area contributed by atoms with Gasteiger partial charge >= 0.3 is 0 Å². The fourth-order valence-corrected chi connectivity index (χ4v) is 1.65. The SMILES string of the molecule is COCCN(CCN)c1nccn2cnnc12. The summed E-state index contributed by atoms with van der Waals surface area (Å²) in [6.07, 6.45) is 5.19. The molecule has 0 saturated carbocycles. The van der Waals surface area contributed by atoms with Gasteiger partial charge in [0.2, 0.25) is 5.65 Å². The first-order valence-electron chi connectivity index (χ1n) is 5.45. The highest BCUT2D eigenvalue weighted by Crippen LogP contribution is 2.15. The number of rotatable bonds is 6. The minimum Gasteiger partial charge on any atom is -0.383 e. The summed E-state index contributed by atoms with van der Waals surface area (Å²) >= 11 is 0. The van der Waals surface area contributed by atoms with Crippen LogP contribution in [-0.2, 0) is 4.74 Å². The topological polar surface area (TPSA) is 81.6 Å². The first-order chi connectivity index (χ1) is 8.36. The number of fused-ring (bicyclic) bond motifs is 1. The molecule has 0 fully saturated rings. The molecule has 0 saturated heterocycles. The fourth-order valence-electron chi connectivity index (χ4n) is 1.65. The quantitative estimate of drug-likeness (QED) is 0.730. The molecule has 0 unspecified atom stereocenters. The van der Waals surface area contributed by atoms with Crippen molar-refractivity contribution in [1.29, 1.82) is 0 Å². The zero-order valence-electron chi connectivity index (χ0n) is 9.78. The molecule has 7 heteroatoms. The Morgan fingerprint density at radius 3 is 3.12 bits per heavy atom. The van der Waals surface area contributed by atoms with Gasteiger partial charge in [0, 0.05) is 39.1 Å². The molecule has 0 spiro atoms. The third-order valence-electron chi connectivity index (χ3n) is 2.46. The summed E-state index contributed by atoms with van der Waals surface area (Å²) in [6, 6.07) is 0. The molecule has 0 aliphatic carbocycles. The van der Waals surface area contributed by atoms with E-state index in [1.807, 2.05) is 15.5 Å². The number of anilines is 1. The smallest absolute Gasteiger partial charge is 0.203 e. The summed E-state index contributed by atoms with van der Waals surface area (Å²) in [5, 5.41) is 7.93. The minimum atomic E-state index is 0.556. The van der Waals surface area contributed by atoms with Crippen molar-refractivity contribution in [3.63, 3.8) is 0 Å². The Bertz CT molecular complexity index is 471. The summed E-state index contributed by atoms with van der Waals surface area (Å²) in [7, 11) is 1.67. The largest absolute Gasteiger partial charge is 0.383 e. The molecule has 92 valence electrons. The number of methoxy groups -OCH3 is 1. The second-order valence-electron chi connectivity index (χ2n) is 3.58. The third-order valence-corrected chi connectivity index (χ3v) is 2.46. The van der Waals surface area contributed by atoms with Crippen molar-refractivity contribution in [2.24, 2.45) is 5.73 Å². The van der Waals surface area contributed by atoms with Crippen molar-refractivity contribution in [2.45, 2.75) is 0 Å². The van der Waals surface area contributed by atoms with Crippen LogP contribution in [0.25, 0.3) is 5.65 Å². The Morgan fingerprint density at radius 2 is 2.35 bits per heavy atom. The van der Waals surface area contributed by atoms with Gasteiger partial charge in [0.15, 0.2) is 5.82 Å². The van der Waals surface area contributed by atoms with E-state index in [4.69, 9.17) is 10.5 Å². The molecule has 0 amide bonds. The number of ether oxygens (including phenoxy) is 1. The first-order valence-corrected chi connectivity index (χ1v) is 5.45. The van der Waals surface area contributed by atoms with Gasteiger partial charge in [-0.2, -0.15) is 0 Å². The average molecular weight is 236 g/mol. The Labute approximate surface area is 99.2 Å². The van der Waals surface area contributed by atoms with E-state index in [1.165, 1.54) is 0 Å². The molecule has 2 aromatic heterocycles. The number of hydrogen-bond acceptors (Lipinski definition) is 6. The molecule has 2 rings (SSSR count). The number of hydrogen-bond donors (Lipinski definition) is 1. The molecule has 7 nitrogen and oxygen atoms in total. The molecule has 0 atom stereocenters. The summed E-state index contributed by atoms with van der Waals surface area (Å²) in [5.41, 5.74) is 6.34. The maximum Gasteiger partial charge on any atom is 0.203 e. The van der Waals surface area contributed by atoms with Crippen molar-refractivity contribution >= 4 is 11.5 Å². The van der Waals surface area contributed by atoms with Crippen LogP contribution in [0.4, 0.5) is 5.82 Å². The Balaban J connectivity index is 2.30. The molecule has 17 heavy (non-hydrogen) atoms. The van der Waals surface area contributed by atoms with Crippen molar-refractivity contribution in [2.75, 3.05) is 38.3 Å². The molecule has 2 aromatic rings. The van der Waals surface area contributed by atoms with Gasteiger partial charge in [0.05, 0.1) is 6.61 Å². The van der Waals surface area contributed by atoms with Crippen LogP contribution in [0.3, 0.4) is 0 Å². The van der Waals surface area contributed by atoms with Crippen LogP contribution in [0.5, 0.6) is 0 Å². The van der Waals surface area contributed by atoms with E-state index >= 15 is 0 Å². The number of nitrogens with two attached hydrogens (primary N) is 1. The molecule has 0 aromatic carbocycles. The van der Waals surface area contributed by atoms with Crippen LogP contribution in [0.15, 0.2) is 18.7 Å². The normalized spacial score (nSPS) is 10.9. The average Bonchev–Trinajstić information content (AvgIpc) is 2.82. The highest BCUT2D eigenvalue weighted by atomic mass is 16.5. The Kier molecular flexibility index (Phi) is 3.84. The monoisotopic (exact) mass is 236 g/mol. The van der Waals surface area contributed by atoms with Gasteiger partial charge in [-0.3, -0.25) is 4.40 Å². The molecule has 2 N–H and O–H groups in total. The molecule has 0 aliphatic heterocycles. The van der Waals surface area contributed by atoms with Gasteiger partial charge in [-0.1, -0.05) is 0 Å². The predicted octanol–water partition coefficient (Wildman–Crippen LogP) is -0.464. The van der Waals surface area contributed by atoms with Crippen molar-refractivity contribution in [1.82, 2.24) is 19.6 Å². The molecule has 0 radical (unpaired) electrons. The van der Waals surface area contributed by atoms with Crippen molar-refractivity contribution in [3.8, 4) is 0 Å². The van der Waals surface area contributed by atoms with E-state index in [1.54, 1.807) is 19.6 Å². The molecule has 0 aliphatic rings. The molecular formula is C10H16N6O. The third kappa shape index (κ3) is 2.51. The minimum absolute atomic E-state index is 0.556. The number of nitrogens with zero attached hydrogens (tertiary/aromatic N) is 5. The lowest BCUT2D eigenvalue weighted by Crippen LogP contribution is -2.33. The molecule has 2 heterocycles. The van der Waals surface area contributed by atoms with Gasteiger partial charge in [0.25, 0.3) is 0 Å². The molecular weight excluding hydrogens is 220 g/mol. The van der Waals surface area contributed by atoms with E-state index in [0.717, 1.165) is 18.0 Å². The first kappa shape index (κ1) is 11.7. The second-order valence-corrected chi connectivity index (χ2v) is 3.58.